The van der Waals surface area contributed by atoms with Crippen molar-refractivity contribution < 1.29 is 13.9 Å². The molecule has 0 aliphatic carbocycles. The Morgan fingerprint density at radius 3 is 2.87 bits per heavy atom. The topological polar surface area (TPSA) is 41.6 Å². The molecule has 1 amide bonds. The van der Waals surface area contributed by atoms with Gasteiger partial charge in [0, 0.05) is 30.7 Å². The number of hydrogen-bond acceptors (Lipinski definition) is 3. The first-order valence-corrected chi connectivity index (χ1v) is 8.66. The smallest absolute Gasteiger partial charge is 0.410 e. The van der Waals surface area contributed by atoms with Crippen LogP contribution in [0.4, 0.5) is 9.18 Å². The first kappa shape index (κ1) is 18.2. The molecule has 0 bridgehead atoms. The van der Waals surface area contributed by atoms with Gasteiger partial charge in [-0.05, 0) is 50.8 Å². The Balaban J connectivity index is 1.74. The predicted octanol–water partition coefficient (Wildman–Crippen LogP) is 3.93. The third kappa shape index (κ3) is 5.77. The lowest BCUT2D eigenvalue weighted by molar-refractivity contribution is 0.0288. The van der Waals surface area contributed by atoms with Gasteiger partial charge in [-0.1, -0.05) is 22.0 Å². The average molecular weight is 387 g/mol. The van der Waals surface area contributed by atoms with E-state index in [0.29, 0.717) is 19.0 Å². The number of likely N-dealkylation sites (tertiary alicyclic amines) is 1. The number of ether oxygens (including phenoxy) is 1. The standard InChI is InChI=1S/C17H24BrFN2O2/c1-17(2,3)23-16(22)21-7-6-12(11-21)9-20-10-13-4-5-14(19)8-15(13)18/h4-5,8,12,20H,6-7,9-11H2,1-3H3. The van der Waals surface area contributed by atoms with Crippen LogP contribution in [0.3, 0.4) is 0 Å². The molecule has 6 heteroatoms. The molecule has 1 aromatic carbocycles. The summed E-state index contributed by atoms with van der Waals surface area (Å²) in [5.41, 5.74) is 0.566. The molecule has 0 radical (unpaired) electrons. The van der Waals surface area contributed by atoms with Crippen LogP contribution in [0.2, 0.25) is 0 Å². The van der Waals surface area contributed by atoms with E-state index in [1.165, 1.54) is 12.1 Å². The maximum atomic E-state index is 13.1. The lowest BCUT2D eigenvalue weighted by atomic mass is 10.1. The van der Waals surface area contributed by atoms with Crippen molar-refractivity contribution in [2.24, 2.45) is 5.92 Å². The molecular weight excluding hydrogens is 363 g/mol. The number of carbonyl (C=O) groups excluding carboxylic acids is 1. The summed E-state index contributed by atoms with van der Waals surface area (Å²) in [5, 5.41) is 3.38. The van der Waals surface area contributed by atoms with Crippen molar-refractivity contribution in [1.82, 2.24) is 10.2 Å². The van der Waals surface area contributed by atoms with Gasteiger partial charge in [0.05, 0.1) is 0 Å². The van der Waals surface area contributed by atoms with Gasteiger partial charge < -0.3 is 15.0 Å². The third-order valence-electron chi connectivity index (χ3n) is 3.70. The van der Waals surface area contributed by atoms with Crippen molar-refractivity contribution >= 4 is 22.0 Å². The van der Waals surface area contributed by atoms with Crippen LogP contribution < -0.4 is 5.32 Å². The van der Waals surface area contributed by atoms with Crippen LogP contribution in [-0.4, -0.2) is 36.2 Å². The van der Waals surface area contributed by atoms with Gasteiger partial charge in [-0.3, -0.25) is 0 Å². The zero-order chi connectivity index (χ0) is 17.0. The van der Waals surface area contributed by atoms with Gasteiger partial charge in [0.1, 0.15) is 11.4 Å². The molecule has 1 heterocycles. The number of hydrogen-bond donors (Lipinski definition) is 1. The summed E-state index contributed by atoms with van der Waals surface area (Å²) in [4.78, 5) is 13.8. The number of rotatable bonds is 4. The van der Waals surface area contributed by atoms with E-state index in [4.69, 9.17) is 4.74 Å². The Morgan fingerprint density at radius 1 is 1.48 bits per heavy atom. The van der Waals surface area contributed by atoms with Crippen molar-refractivity contribution in [2.45, 2.75) is 39.3 Å². The van der Waals surface area contributed by atoms with Gasteiger partial charge in [-0.15, -0.1) is 0 Å². The molecule has 1 aliphatic heterocycles. The van der Waals surface area contributed by atoms with Crippen LogP contribution in [-0.2, 0) is 11.3 Å². The number of carbonyl (C=O) groups is 1. The minimum atomic E-state index is -0.456. The van der Waals surface area contributed by atoms with Crippen LogP contribution in [0.5, 0.6) is 0 Å². The quantitative estimate of drug-likeness (QED) is 0.851. The molecule has 1 aromatic rings. The maximum Gasteiger partial charge on any atom is 0.410 e. The fraction of sp³-hybridized carbons (Fsp3) is 0.588. The first-order chi connectivity index (χ1) is 10.7. The summed E-state index contributed by atoms with van der Waals surface area (Å²) >= 11 is 3.37. The molecule has 1 fully saturated rings. The number of benzene rings is 1. The van der Waals surface area contributed by atoms with Crippen molar-refractivity contribution in [3.8, 4) is 0 Å². The predicted molar refractivity (Wildman–Crippen MR) is 91.7 cm³/mol. The highest BCUT2D eigenvalue weighted by atomic mass is 79.9. The van der Waals surface area contributed by atoms with E-state index in [9.17, 15) is 9.18 Å². The largest absolute Gasteiger partial charge is 0.444 e. The molecule has 0 aromatic heterocycles. The van der Waals surface area contributed by atoms with Gasteiger partial charge in [0.2, 0.25) is 0 Å². The minimum Gasteiger partial charge on any atom is -0.444 e. The highest BCUT2D eigenvalue weighted by Gasteiger charge is 2.29. The summed E-state index contributed by atoms with van der Waals surface area (Å²) in [7, 11) is 0. The molecule has 23 heavy (non-hydrogen) atoms. The molecule has 1 atom stereocenters. The third-order valence-corrected chi connectivity index (χ3v) is 4.44. The van der Waals surface area contributed by atoms with E-state index in [1.54, 1.807) is 11.0 Å². The van der Waals surface area contributed by atoms with E-state index >= 15 is 0 Å². The number of amides is 1. The molecule has 128 valence electrons. The fourth-order valence-corrected chi connectivity index (χ4v) is 3.06. The monoisotopic (exact) mass is 386 g/mol. The lowest BCUT2D eigenvalue weighted by Crippen LogP contribution is -2.36. The zero-order valence-corrected chi connectivity index (χ0v) is 15.5. The Bertz CT molecular complexity index is 560. The van der Waals surface area contributed by atoms with E-state index in [0.717, 1.165) is 29.5 Å². The zero-order valence-electron chi connectivity index (χ0n) is 13.9. The van der Waals surface area contributed by atoms with Crippen LogP contribution >= 0.6 is 15.9 Å². The number of nitrogens with zero attached hydrogens (tertiary/aromatic N) is 1. The summed E-state index contributed by atoms with van der Waals surface area (Å²) in [6, 6.07) is 4.70. The van der Waals surface area contributed by atoms with Gasteiger partial charge >= 0.3 is 6.09 Å². The van der Waals surface area contributed by atoms with Crippen LogP contribution in [0.1, 0.15) is 32.8 Å². The minimum absolute atomic E-state index is 0.235. The Hall–Kier alpha value is -1.14. The highest BCUT2D eigenvalue weighted by molar-refractivity contribution is 9.10. The van der Waals surface area contributed by atoms with Gasteiger partial charge in [0.25, 0.3) is 0 Å². The SMILES string of the molecule is CC(C)(C)OC(=O)N1CCC(CNCc2ccc(F)cc2Br)C1. The summed E-state index contributed by atoms with van der Waals surface area (Å²) in [6.45, 7) is 8.57. The molecule has 1 N–H and O–H groups in total. The van der Waals surface area contributed by atoms with Crippen molar-refractivity contribution in [3.05, 3.63) is 34.1 Å². The van der Waals surface area contributed by atoms with E-state index < -0.39 is 5.60 Å². The Labute approximate surface area is 145 Å². The molecule has 0 saturated carbocycles. The van der Waals surface area contributed by atoms with E-state index in [-0.39, 0.29) is 11.9 Å². The molecule has 1 unspecified atom stereocenters. The Morgan fingerprint density at radius 2 is 2.22 bits per heavy atom. The van der Waals surface area contributed by atoms with Crippen molar-refractivity contribution in [1.29, 1.82) is 0 Å². The number of halogens is 2. The lowest BCUT2D eigenvalue weighted by Gasteiger charge is -2.24. The Kier molecular flexibility index (Phi) is 6.03. The summed E-state index contributed by atoms with van der Waals surface area (Å²) in [6.07, 6.45) is 0.734. The molecule has 1 aliphatic rings. The van der Waals surface area contributed by atoms with Crippen LogP contribution in [0.25, 0.3) is 0 Å². The second-order valence-electron chi connectivity index (χ2n) is 6.95. The molecule has 1 saturated heterocycles. The second kappa shape index (κ2) is 7.62. The van der Waals surface area contributed by atoms with Crippen LogP contribution in [0.15, 0.2) is 22.7 Å². The molecule has 4 nitrogen and oxygen atoms in total. The maximum absolute atomic E-state index is 13.1. The molecule has 2 rings (SSSR count). The second-order valence-corrected chi connectivity index (χ2v) is 7.80. The normalized spacial score (nSPS) is 18.3. The van der Waals surface area contributed by atoms with E-state index in [2.05, 4.69) is 21.2 Å². The number of nitrogens with one attached hydrogen (secondary N) is 1. The first-order valence-electron chi connectivity index (χ1n) is 7.87. The van der Waals surface area contributed by atoms with Crippen molar-refractivity contribution in [3.63, 3.8) is 0 Å². The molecule has 0 spiro atoms. The van der Waals surface area contributed by atoms with Crippen molar-refractivity contribution in [2.75, 3.05) is 19.6 Å². The van der Waals surface area contributed by atoms with Crippen LogP contribution in [0, 0.1) is 11.7 Å². The van der Waals surface area contributed by atoms with Gasteiger partial charge in [0.15, 0.2) is 0 Å². The summed E-state index contributed by atoms with van der Waals surface area (Å²) in [5.74, 6) is 0.172. The highest BCUT2D eigenvalue weighted by Crippen LogP contribution is 2.20. The fourth-order valence-electron chi connectivity index (χ4n) is 2.57. The summed E-state index contributed by atoms with van der Waals surface area (Å²) < 4.78 is 19.2. The average Bonchev–Trinajstić information content (AvgIpc) is 2.88. The van der Waals surface area contributed by atoms with Gasteiger partial charge in [-0.25, -0.2) is 9.18 Å². The van der Waals surface area contributed by atoms with Gasteiger partial charge in [-0.2, -0.15) is 0 Å². The molecular formula is C17H24BrFN2O2. The van der Waals surface area contributed by atoms with E-state index in [1.807, 2.05) is 20.8 Å².